The average molecular weight is 339 g/mol. The zero-order valence-electron chi connectivity index (χ0n) is 15.0. The van der Waals surface area contributed by atoms with Crippen LogP contribution < -0.4 is 10.6 Å². The zero-order valence-corrected chi connectivity index (χ0v) is 15.0. The molecule has 0 unspecified atom stereocenters. The minimum absolute atomic E-state index is 0.0185. The van der Waals surface area contributed by atoms with Crippen molar-refractivity contribution >= 4 is 11.9 Å². The molecule has 1 aliphatic carbocycles. The normalized spacial score (nSPS) is 26.0. The number of carbonyl (C=O) groups excluding carboxylic acids is 2. The van der Waals surface area contributed by atoms with E-state index in [2.05, 4.69) is 10.6 Å². The smallest absolute Gasteiger partial charge is 0.317 e. The van der Waals surface area contributed by atoms with Crippen LogP contribution in [0.5, 0.6) is 0 Å². The van der Waals surface area contributed by atoms with Crippen LogP contribution in [-0.4, -0.2) is 56.2 Å². The third kappa shape index (κ3) is 5.65. The van der Waals surface area contributed by atoms with Crippen LogP contribution in [0.4, 0.5) is 4.79 Å². The molecule has 6 heteroatoms. The largest absolute Gasteiger partial charge is 0.385 e. The van der Waals surface area contributed by atoms with E-state index in [1.165, 1.54) is 0 Å². The summed E-state index contributed by atoms with van der Waals surface area (Å²) in [4.78, 5) is 27.2. The molecule has 0 aromatic rings. The lowest BCUT2D eigenvalue weighted by Crippen LogP contribution is -2.54. The molecule has 0 aromatic carbocycles. The van der Waals surface area contributed by atoms with Crippen LogP contribution in [-0.2, 0) is 9.53 Å². The topological polar surface area (TPSA) is 70.7 Å². The van der Waals surface area contributed by atoms with Crippen molar-refractivity contribution in [3.63, 3.8) is 0 Å². The lowest BCUT2D eigenvalue weighted by Gasteiger charge is -2.39. The summed E-state index contributed by atoms with van der Waals surface area (Å²) in [5.41, 5.74) is 0. The van der Waals surface area contributed by atoms with Gasteiger partial charge < -0.3 is 20.3 Å². The van der Waals surface area contributed by atoms with Crippen LogP contribution >= 0.6 is 0 Å². The Kier molecular flexibility index (Phi) is 8.36. The van der Waals surface area contributed by atoms with Gasteiger partial charge in [0.25, 0.3) is 0 Å². The molecule has 1 saturated heterocycles. The molecule has 1 heterocycles. The Balaban J connectivity index is 2.04. The predicted octanol–water partition coefficient (Wildman–Crippen LogP) is 2.28. The van der Waals surface area contributed by atoms with Crippen molar-refractivity contribution in [2.24, 2.45) is 5.92 Å². The Bertz CT molecular complexity index is 403. The van der Waals surface area contributed by atoms with Crippen LogP contribution in [0, 0.1) is 5.92 Å². The minimum Gasteiger partial charge on any atom is -0.385 e. The third-order valence-electron chi connectivity index (χ3n) is 5.15. The summed E-state index contributed by atoms with van der Waals surface area (Å²) in [6, 6.07) is 0.0225. The van der Waals surface area contributed by atoms with Gasteiger partial charge in [-0.15, -0.1) is 0 Å². The highest BCUT2D eigenvalue weighted by atomic mass is 16.5. The van der Waals surface area contributed by atoms with Crippen LogP contribution in [0.15, 0.2) is 0 Å². The van der Waals surface area contributed by atoms with Gasteiger partial charge in [0.15, 0.2) is 0 Å². The Morgan fingerprint density at radius 1 is 1.21 bits per heavy atom. The van der Waals surface area contributed by atoms with Gasteiger partial charge in [-0.05, 0) is 32.1 Å². The molecule has 24 heavy (non-hydrogen) atoms. The van der Waals surface area contributed by atoms with Gasteiger partial charge in [0, 0.05) is 39.4 Å². The molecule has 0 aromatic heterocycles. The van der Waals surface area contributed by atoms with Gasteiger partial charge in [0.05, 0.1) is 5.92 Å². The molecule has 1 aliphatic heterocycles. The standard InChI is InChI=1S/C18H33N3O3/c1-24-14-8-12-20-18(23)21-13-7-3-2-6-11-19-17(22)15-9-4-5-10-16(15)21/h15-16H,2-14H2,1H3,(H,19,22)(H,20,23)/t15-,16+/m1/s1. The van der Waals surface area contributed by atoms with Crippen molar-refractivity contribution in [1.29, 1.82) is 0 Å². The molecule has 2 rings (SSSR count). The highest BCUT2D eigenvalue weighted by Gasteiger charge is 2.36. The van der Waals surface area contributed by atoms with E-state index in [0.29, 0.717) is 13.2 Å². The number of nitrogens with one attached hydrogen (secondary N) is 2. The predicted molar refractivity (Wildman–Crippen MR) is 93.8 cm³/mol. The maximum Gasteiger partial charge on any atom is 0.317 e. The molecular formula is C18H33N3O3. The van der Waals surface area contributed by atoms with Gasteiger partial charge in [-0.2, -0.15) is 0 Å². The minimum atomic E-state index is -0.0541. The second-order valence-corrected chi connectivity index (χ2v) is 6.94. The highest BCUT2D eigenvalue weighted by molar-refractivity contribution is 5.81. The molecule has 1 saturated carbocycles. The number of ether oxygens (including phenoxy) is 1. The van der Waals surface area contributed by atoms with E-state index in [1.54, 1.807) is 7.11 Å². The van der Waals surface area contributed by atoms with Crippen LogP contribution in [0.25, 0.3) is 0 Å². The summed E-state index contributed by atoms with van der Waals surface area (Å²) < 4.78 is 5.03. The Morgan fingerprint density at radius 2 is 2.00 bits per heavy atom. The van der Waals surface area contributed by atoms with E-state index >= 15 is 0 Å². The fourth-order valence-corrected chi connectivity index (χ4v) is 3.82. The van der Waals surface area contributed by atoms with Crippen molar-refractivity contribution in [2.75, 3.05) is 33.4 Å². The lowest BCUT2D eigenvalue weighted by molar-refractivity contribution is -0.127. The van der Waals surface area contributed by atoms with Gasteiger partial charge in [0.2, 0.25) is 5.91 Å². The number of hydrogen-bond donors (Lipinski definition) is 2. The summed E-state index contributed by atoms with van der Waals surface area (Å²) in [7, 11) is 1.67. The van der Waals surface area contributed by atoms with E-state index in [1.807, 2.05) is 4.90 Å². The molecule has 2 atom stereocenters. The molecular weight excluding hydrogens is 306 g/mol. The van der Waals surface area contributed by atoms with Crippen molar-refractivity contribution < 1.29 is 14.3 Å². The third-order valence-corrected chi connectivity index (χ3v) is 5.15. The first-order valence-corrected chi connectivity index (χ1v) is 9.55. The fraction of sp³-hybridized carbons (Fsp3) is 0.889. The summed E-state index contributed by atoms with van der Waals surface area (Å²) in [5, 5.41) is 6.09. The van der Waals surface area contributed by atoms with Gasteiger partial charge in [-0.25, -0.2) is 4.79 Å². The molecule has 0 radical (unpaired) electrons. The summed E-state index contributed by atoms with van der Waals surface area (Å²) >= 11 is 0. The van der Waals surface area contributed by atoms with Crippen molar-refractivity contribution in [3.05, 3.63) is 0 Å². The van der Waals surface area contributed by atoms with E-state index in [9.17, 15) is 9.59 Å². The number of carbonyl (C=O) groups is 2. The van der Waals surface area contributed by atoms with E-state index in [0.717, 1.165) is 70.9 Å². The van der Waals surface area contributed by atoms with Crippen LogP contribution in [0.3, 0.4) is 0 Å². The summed E-state index contributed by atoms with van der Waals surface area (Å²) in [6.07, 6.45) is 9.09. The average Bonchev–Trinajstić information content (AvgIpc) is 2.63. The first-order chi connectivity index (χ1) is 11.7. The molecule has 0 bridgehead atoms. The van der Waals surface area contributed by atoms with Crippen molar-refractivity contribution in [2.45, 2.75) is 63.8 Å². The van der Waals surface area contributed by atoms with E-state index in [4.69, 9.17) is 4.74 Å². The number of fused-ring (bicyclic) bond motifs is 1. The monoisotopic (exact) mass is 339 g/mol. The Hall–Kier alpha value is -1.30. The maximum atomic E-state index is 12.7. The van der Waals surface area contributed by atoms with Crippen molar-refractivity contribution in [3.8, 4) is 0 Å². The first-order valence-electron chi connectivity index (χ1n) is 9.55. The number of urea groups is 1. The molecule has 138 valence electrons. The van der Waals surface area contributed by atoms with Gasteiger partial charge >= 0.3 is 6.03 Å². The first kappa shape index (κ1) is 19.0. The summed E-state index contributed by atoms with van der Waals surface area (Å²) in [5.74, 6) is 0.0837. The van der Waals surface area contributed by atoms with E-state index in [-0.39, 0.29) is 23.9 Å². The van der Waals surface area contributed by atoms with Gasteiger partial charge in [0.1, 0.15) is 0 Å². The van der Waals surface area contributed by atoms with Crippen LogP contribution in [0.2, 0.25) is 0 Å². The zero-order chi connectivity index (χ0) is 17.2. The molecule has 2 fully saturated rings. The molecule has 3 amide bonds. The van der Waals surface area contributed by atoms with Gasteiger partial charge in [-0.1, -0.05) is 25.7 Å². The quantitative estimate of drug-likeness (QED) is 0.772. The SMILES string of the molecule is COCCCNC(=O)N1CCCCCCNC(=O)[C@@H]2CCCC[C@@H]21. The maximum absolute atomic E-state index is 12.7. The van der Waals surface area contributed by atoms with Crippen molar-refractivity contribution in [1.82, 2.24) is 15.5 Å². The second kappa shape index (κ2) is 10.5. The Labute approximate surface area is 145 Å². The number of amides is 3. The van der Waals surface area contributed by atoms with Crippen LogP contribution in [0.1, 0.15) is 57.8 Å². The molecule has 6 nitrogen and oxygen atoms in total. The molecule has 0 spiro atoms. The fourth-order valence-electron chi connectivity index (χ4n) is 3.82. The Morgan fingerprint density at radius 3 is 2.83 bits per heavy atom. The highest BCUT2D eigenvalue weighted by Crippen LogP contribution is 2.29. The molecule has 2 N–H and O–H groups in total. The number of rotatable bonds is 4. The second-order valence-electron chi connectivity index (χ2n) is 6.94. The number of hydrogen-bond acceptors (Lipinski definition) is 3. The number of methoxy groups -OCH3 is 1. The van der Waals surface area contributed by atoms with E-state index < -0.39 is 0 Å². The van der Waals surface area contributed by atoms with Gasteiger partial charge in [-0.3, -0.25) is 4.79 Å². The summed E-state index contributed by atoms with van der Waals surface area (Å²) in [6.45, 7) is 2.79. The number of nitrogens with zero attached hydrogens (tertiary/aromatic N) is 1. The molecule has 2 aliphatic rings. The lowest BCUT2D eigenvalue weighted by atomic mass is 9.82.